The van der Waals surface area contributed by atoms with Crippen LogP contribution in [0.1, 0.15) is 42.4 Å². The van der Waals surface area contributed by atoms with Crippen molar-refractivity contribution in [3.8, 4) is 0 Å². The molecule has 0 saturated heterocycles. The summed E-state index contributed by atoms with van der Waals surface area (Å²) in [6, 6.07) is 14.6. The molecule has 1 fully saturated rings. The van der Waals surface area contributed by atoms with Crippen LogP contribution in [0.2, 0.25) is 0 Å². The molecule has 1 heterocycles. The van der Waals surface area contributed by atoms with Gasteiger partial charge in [-0.25, -0.2) is 4.39 Å². The number of halogens is 1. The van der Waals surface area contributed by atoms with Gasteiger partial charge in [0.05, 0.1) is 12.3 Å². The van der Waals surface area contributed by atoms with Crippen LogP contribution in [0, 0.1) is 18.7 Å². The highest BCUT2D eigenvalue weighted by Crippen LogP contribution is 2.29. The fourth-order valence-electron chi connectivity index (χ4n) is 3.64. The topological polar surface area (TPSA) is 41.9 Å². The van der Waals surface area contributed by atoms with Crippen molar-refractivity contribution in [3.05, 3.63) is 71.0 Å². The maximum absolute atomic E-state index is 13.2. The Hall–Kier alpha value is -2.69. The molecule has 1 unspecified atom stereocenters. The van der Waals surface area contributed by atoms with Crippen molar-refractivity contribution in [1.29, 1.82) is 0 Å². The number of hydrogen-bond acceptors (Lipinski definition) is 3. The fraction of sp³-hybridized carbons (Fsp3) is 0.391. The summed E-state index contributed by atoms with van der Waals surface area (Å²) >= 11 is 0. The van der Waals surface area contributed by atoms with Crippen LogP contribution >= 0.6 is 0 Å². The van der Waals surface area contributed by atoms with Crippen molar-refractivity contribution in [3.63, 3.8) is 0 Å². The first-order valence-corrected chi connectivity index (χ1v) is 9.91. The van der Waals surface area contributed by atoms with E-state index in [-0.39, 0.29) is 23.7 Å². The Morgan fingerprint density at radius 3 is 2.50 bits per heavy atom. The Balaban J connectivity index is 1.43. The number of oxime groups is 1. The lowest BCUT2D eigenvalue weighted by Crippen LogP contribution is -2.42. The van der Waals surface area contributed by atoms with E-state index in [0.29, 0.717) is 19.5 Å². The summed E-state index contributed by atoms with van der Waals surface area (Å²) in [5.74, 6) is 0.0122. The van der Waals surface area contributed by atoms with Gasteiger partial charge in [0.2, 0.25) is 5.91 Å². The van der Waals surface area contributed by atoms with Crippen LogP contribution in [0.4, 0.5) is 4.39 Å². The normalized spacial score (nSPS) is 18.9. The number of carbonyl (C=O) groups excluding carboxylic acids is 1. The van der Waals surface area contributed by atoms with Crippen LogP contribution in [-0.2, 0) is 16.2 Å². The molecule has 1 aliphatic heterocycles. The van der Waals surface area contributed by atoms with Crippen LogP contribution in [0.5, 0.6) is 0 Å². The first kappa shape index (κ1) is 18.7. The van der Waals surface area contributed by atoms with Gasteiger partial charge in [0.15, 0.2) is 6.10 Å². The maximum atomic E-state index is 13.2. The van der Waals surface area contributed by atoms with Gasteiger partial charge < -0.3 is 9.74 Å². The van der Waals surface area contributed by atoms with E-state index in [2.05, 4.69) is 36.3 Å². The Morgan fingerprint density at radius 2 is 1.86 bits per heavy atom. The Labute approximate surface area is 165 Å². The third-order valence-corrected chi connectivity index (χ3v) is 5.59. The van der Waals surface area contributed by atoms with Crippen LogP contribution in [0.25, 0.3) is 0 Å². The molecule has 1 aliphatic carbocycles. The van der Waals surface area contributed by atoms with Crippen LogP contribution in [-0.4, -0.2) is 29.2 Å². The molecule has 0 N–H and O–H groups in total. The zero-order valence-corrected chi connectivity index (χ0v) is 16.1. The highest BCUT2D eigenvalue weighted by molar-refractivity contribution is 6.01. The van der Waals surface area contributed by atoms with Gasteiger partial charge in [-0.05, 0) is 43.0 Å². The van der Waals surface area contributed by atoms with E-state index in [4.69, 9.17) is 4.84 Å². The van der Waals surface area contributed by atoms with Gasteiger partial charge in [0.1, 0.15) is 5.82 Å². The van der Waals surface area contributed by atoms with Gasteiger partial charge in [-0.2, -0.15) is 0 Å². The summed E-state index contributed by atoms with van der Waals surface area (Å²) in [5, 5.41) is 4.26. The van der Waals surface area contributed by atoms with E-state index in [1.54, 1.807) is 12.1 Å². The molecule has 2 aromatic rings. The van der Waals surface area contributed by atoms with E-state index >= 15 is 0 Å². The number of aryl methyl sites for hydroxylation is 1. The number of carbonyl (C=O) groups is 1. The molecule has 4 rings (SSSR count). The zero-order chi connectivity index (χ0) is 19.5. The summed E-state index contributed by atoms with van der Waals surface area (Å²) < 4.78 is 13.2. The number of rotatable bonds is 6. The molecule has 0 aromatic heterocycles. The van der Waals surface area contributed by atoms with Crippen molar-refractivity contribution in [2.45, 2.75) is 45.3 Å². The molecule has 0 radical (unpaired) electrons. The lowest BCUT2D eigenvalue weighted by atomic mass is 9.84. The lowest BCUT2D eigenvalue weighted by molar-refractivity contribution is -0.140. The van der Waals surface area contributed by atoms with Crippen molar-refractivity contribution in [2.24, 2.45) is 11.1 Å². The van der Waals surface area contributed by atoms with Crippen LogP contribution in [0.3, 0.4) is 0 Å². The van der Waals surface area contributed by atoms with E-state index in [1.807, 2.05) is 4.90 Å². The first-order chi connectivity index (χ1) is 13.6. The predicted molar refractivity (Wildman–Crippen MR) is 106 cm³/mol. The molecule has 2 aromatic carbocycles. The molecular formula is C23H25FN2O2. The van der Waals surface area contributed by atoms with Gasteiger partial charge in [-0.15, -0.1) is 0 Å². The molecule has 146 valence electrons. The third kappa shape index (κ3) is 4.24. The Morgan fingerprint density at radius 1 is 1.14 bits per heavy atom. The van der Waals surface area contributed by atoms with Crippen molar-refractivity contribution < 1.29 is 14.0 Å². The third-order valence-electron chi connectivity index (χ3n) is 5.59. The van der Waals surface area contributed by atoms with E-state index in [1.165, 1.54) is 17.7 Å². The van der Waals surface area contributed by atoms with Gasteiger partial charge in [-0.1, -0.05) is 53.5 Å². The van der Waals surface area contributed by atoms with Gasteiger partial charge in [0, 0.05) is 18.9 Å². The monoisotopic (exact) mass is 380 g/mol. The van der Waals surface area contributed by atoms with Crippen LogP contribution in [0.15, 0.2) is 53.7 Å². The minimum Gasteiger partial charge on any atom is -0.390 e. The maximum Gasteiger partial charge on any atom is 0.226 e. The highest BCUT2D eigenvalue weighted by Gasteiger charge is 2.32. The Kier molecular flexibility index (Phi) is 5.42. The average molecular weight is 380 g/mol. The molecule has 1 saturated carbocycles. The minimum atomic E-state index is -0.268. The second-order valence-electron chi connectivity index (χ2n) is 7.81. The second-order valence-corrected chi connectivity index (χ2v) is 7.81. The molecule has 5 heteroatoms. The highest BCUT2D eigenvalue weighted by atomic mass is 19.1. The van der Waals surface area contributed by atoms with E-state index in [9.17, 15) is 9.18 Å². The Bertz CT molecular complexity index is 857. The zero-order valence-electron chi connectivity index (χ0n) is 16.1. The van der Waals surface area contributed by atoms with E-state index < -0.39 is 0 Å². The standard InChI is InChI=1S/C23H25FN2O2/c1-16-5-9-18(10-6-16)22-13-21(28-25-22)15-26(23(27)19-3-2-4-19)14-17-7-11-20(24)12-8-17/h5-12,19,21H,2-4,13-15H2,1H3. The summed E-state index contributed by atoms with van der Waals surface area (Å²) in [7, 11) is 0. The second kappa shape index (κ2) is 8.13. The molecule has 0 bridgehead atoms. The molecule has 28 heavy (non-hydrogen) atoms. The lowest BCUT2D eigenvalue weighted by Gasteiger charge is -2.32. The smallest absolute Gasteiger partial charge is 0.226 e. The van der Waals surface area contributed by atoms with Gasteiger partial charge >= 0.3 is 0 Å². The van der Waals surface area contributed by atoms with Crippen molar-refractivity contribution in [1.82, 2.24) is 4.90 Å². The van der Waals surface area contributed by atoms with Crippen molar-refractivity contribution in [2.75, 3.05) is 6.54 Å². The summed E-state index contributed by atoms with van der Waals surface area (Å²) in [4.78, 5) is 20.4. The molecule has 0 spiro atoms. The summed E-state index contributed by atoms with van der Waals surface area (Å²) in [6.45, 7) is 3.01. The average Bonchev–Trinajstić information content (AvgIpc) is 3.10. The molecule has 4 nitrogen and oxygen atoms in total. The van der Waals surface area contributed by atoms with Crippen LogP contribution < -0.4 is 0 Å². The van der Waals surface area contributed by atoms with E-state index in [0.717, 1.165) is 36.1 Å². The largest absolute Gasteiger partial charge is 0.390 e. The predicted octanol–water partition coefficient (Wildman–Crippen LogP) is 4.46. The minimum absolute atomic E-state index is 0.110. The molecule has 1 atom stereocenters. The summed E-state index contributed by atoms with van der Waals surface area (Å²) in [6.07, 6.45) is 3.55. The number of hydrogen-bond donors (Lipinski definition) is 0. The summed E-state index contributed by atoms with van der Waals surface area (Å²) in [5.41, 5.74) is 4.11. The first-order valence-electron chi connectivity index (χ1n) is 9.91. The molecule has 1 amide bonds. The van der Waals surface area contributed by atoms with Crippen molar-refractivity contribution >= 4 is 11.6 Å². The van der Waals surface area contributed by atoms with Gasteiger partial charge in [0.25, 0.3) is 0 Å². The van der Waals surface area contributed by atoms with Gasteiger partial charge in [-0.3, -0.25) is 4.79 Å². The number of benzene rings is 2. The quantitative estimate of drug-likeness (QED) is 0.743. The molecular weight excluding hydrogens is 355 g/mol. The fourth-order valence-corrected chi connectivity index (χ4v) is 3.64. The number of nitrogens with zero attached hydrogens (tertiary/aromatic N) is 2. The number of amides is 1. The SMILES string of the molecule is Cc1ccc(C2=NOC(CN(Cc3ccc(F)cc3)C(=O)C3CCC3)C2)cc1. The molecule has 2 aliphatic rings.